The number of nitriles is 1. The van der Waals surface area contributed by atoms with E-state index in [0.717, 1.165) is 16.7 Å². The molecule has 21 heavy (non-hydrogen) atoms. The van der Waals surface area contributed by atoms with Gasteiger partial charge in [0.2, 0.25) is 0 Å². The topological polar surface area (TPSA) is 35.8 Å². The van der Waals surface area contributed by atoms with E-state index < -0.39 is 8.07 Å². The summed E-state index contributed by atoms with van der Waals surface area (Å²) in [4.78, 5) is 0. The highest BCUT2D eigenvalue weighted by Crippen LogP contribution is 2.21. The van der Waals surface area contributed by atoms with E-state index in [1.165, 1.54) is 10.8 Å². The lowest BCUT2D eigenvalue weighted by atomic mass is 10.1. The van der Waals surface area contributed by atoms with Gasteiger partial charge < -0.3 is 5.32 Å². The van der Waals surface area contributed by atoms with Crippen LogP contribution in [0.1, 0.15) is 11.1 Å². The smallest absolute Gasteiger partial charge is 0.101 e. The second-order valence-corrected chi connectivity index (χ2v) is 12.1. The SMILES string of the molecule is C[Si](C)(C)c1ccc(CNc2cc(Br)ccc2C#N)cc1. The highest BCUT2D eigenvalue weighted by molar-refractivity contribution is 9.10. The maximum Gasteiger partial charge on any atom is 0.101 e. The lowest BCUT2D eigenvalue weighted by Crippen LogP contribution is -2.37. The van der Waals surface area contributed by atoms with E-state index in [2.05, 4.69) is 71.2 Å². The quantitative estimate of drug-likeness (QED) is 0.817. The molecular weight excluding hydrogens is 340 g/mol. The summed E-state index contributed by atoms with van der Waals surface area (Å²) in [7, 11) is -1.23. The molecule has 0 fully saturated rings. The summed E-state index contributed by atoms with van der Waals surface area (Å²) >= 11 is 3.44. The van der Waals surface area contributed by atoms with Gasteiger partial charge >= 0.3 is 0 Å². The molecule has 0 amide bonds. The number of halogens is 1. The van der Waals surface area contributed by atoms with E-state index in [0.29, 0.717) is 5.56 Å². The molecule has 0 heterocycles. The maximum absolute atomic E-state index is 9.13. The fourth-order valence-corrected chi connectivity index (χ4v) is 3.61. The number of hydrogen-bond donors (Lipinski definition) is 1. The van der Waals surface area contributed by atoms with Crippen LogP contribution in [0.5, 0.6) is 0 Å². The van der Waals surface area contributed by atoms with Crippen molar-refractivity contribution in [2.24, 2.45) is 0 Å². The Labute approximate surface area is 136 Å². The Morgan fingerprint density at radius 2 is 1.76 bits per heavy atom. The van der Waals surface area contributed by atoms with Crippen molar-refractivity contribution >= 4 is 34.9 Å². The largest absolute Gasteiger partial charge is 0.380 e. The average Bonchev–Trinajstić information content (AvgIpc) is 2.45. The highest BCUT2D eigenvalue weighted by Gasteiger charge is 2.15. The molecular formula is C17H19BrN2Si. The first-order valence-electron chi connectivity index (χ1n) is 6.93. The van der Waals surface area contributed by atoms with E-state index in [1.807, 2.05) is 18.2 Å². The first-order valence-corrected chi connectivity index (χ1v) is 11.2. The third-order valence-electron chi connectivity index (χ3n) is 3.40. The molecule has 0 radical (unpaired) electrons. The van der Waals surface area contributed by atoms with Crippen LogP contribution in [-0.4, -0.2) is 8.07 Å². The minimum atomic E-state index is -1.23. The summed E-state index contributed by atoms with van der Waals surface area (Å²) < 4.78 is 0.970. The minimum absolute atomic E-state index is 0.664. The van der Waals surface area contributed by atoms with Crippen molar-refractivity contribution in [1.29, 1.82) is 5.26 Å². The van der Waals surface area contributed by atoms with Crippen LogP contribution < -0.4 is 10.5 Å². The predicted molar refractivity (Wildman–Crippen MR) is 95.6 cm³/mol. The van der Waals surface area contributed by atoms with E-state index in [1.54, 1.807) is 0 Å². The molecule has 2 rings (SSSR count). The summed E-state index contributed by atoms with van der Waals surface area (Å²) in [5.74, 6) is 0. The van der Waals surface area contributed by atoms with Gasteiger partial charge in [-0.05, 0) is 23.8 Å². The third kappa shape index (κ3) is 4.20. The lowest BCUT2D eigenvalue weighted by Gasteiger charge is -2.17. The fraction of sp³-hybridized carbons (Fsp3) is 0.235. The molecule has 2 aromatic rings. The third-order valence-corrected chi connectivity index (χ3v) is 5.96. The van der Waals surface area contributed by atoms with Crippen molar-refractivity contribution in [2.45, 2.75) is 26.2 Å². The summed E-state index contributed by atoms with van der Waals surface area (Å²) in [6.07, 6.45) is 0. The number of rotatable bonds is 4. The van der Waals surface area contributed by atoms with Gasteiger partial charge in [-0.3, -0.25) is 0 Å². The monoisotopic (exact) mass is 358 g/mol. The standard InChI is InChI=1S/C17H19BrN2Si/c1-21(2,3)16-8-4-13(5-9-16)12-20-17-10-15(18)7-6-14(17)11-19/h4-10,20H,12H2,1-3H3. The van der Waals surface area contributed by atoms with Gasteiger partial charge in [0, 0.05) is 11.0 Å². The van der Waals surface area contributed by atoms with Crippen LogP contribution in [0.3, 0.4) is 0 Å². The van der Waals surface area contributed by atoms with Crippen molar-refractivity contribution < 1.29 is 0 Å². The normalized spacial score (nSPS) is 11.0. The van der Waals surface area contributed by atoms with Gasteiger partial charge in [0.25, 0.3) is 0 Å². The first kappa shape index (κ1) is 15.8. The van der Waals surface area contributed by atoms with Crippen molar-refractivity contribution in [1.82, 2.24) is 0 Å². The second-order valence-electron chi connectivity index (χ2n) is 6.10. The van der Waals surface area contributed by atoms with Crippen molar-refractivity contribution in [2.75, 3.05) is 5.32 Å². The summed E-state index contributed by atoms with van der Waals surface area (Å²) in [5.41, 5.74) is 2.75. The fourth-order valence-electron chi connectivity index (χ4n) is 2.08. The van der Waals surface area contributed by atoms with E-state index >= 15 is 0 Å². The summed E-state index contributed by atoms with van der Waals surface area (Å²) in [5, 5.41) is 13.9. The molecule has 0 spiro atoms. The van der Waals surface area contributed by atoms with Crippen LogP contribution in [0.2, 0.25) is 19.6 Å². The summed E-state index contributed by atoms with van der Waals surface area (Å²) in [6.45, 7) is 7.76. The number of nitrogens with zero attached hydrogens (tertiary/aromatic N) is 1. The molecule has 0 aliphatic heterocycles. The first-order chi connectivity index (χ1) is 9.90. The van der Waals surface area contributed by atoms with Gasteiger partial charge in [0.15, 0.2) is 0 Å². The van der Waals surface area contributed by atoms with Crippen molar-refractivity contribution in [3.63, 3.8) is 0 Å². The van der Waals surface area contributed by atoms with Crippen LogP contribution >= 0.6 is 15.9 Å². The van der Waals surface area contributed by atoms with Gasteiger partial charge in [-0.1, -0.05) is 65.0 Å². The second kappa shape index (κ2) is 6.46. The number of anilines is 1. The Hall–Kier alpha value is -1.57. The summed E-state index contributed by atoms with van der Waals surface area (Å²) in [6, 6.07) is 16.7. The number of nitrogens with one attached hydrogen (secondary N) is 1. The Morgan fingerprint density at radius 1 is 1.10 bits per heavy atom. The lowest BCUT2D eigenvalue weighted by molar-refractivity contribution is 1.15. The number of benzene rings is 2. The molecule has 1 N–H and O–H groups in total. The maximum atomic E-state index is 9.13. The van der Waals surface area contributed by atoms with Crippen LogP contribution in [0.4, 0.5) is 5.69 Å². The average molecular weight is 359 g/mol. The molecule has 4 heteroatoms. The molecule has 0 saturated heterocycles. The molecule has 0 aromatic heterocycles. The molecule has 0 aliphatic carbocycles. The van der Waals surface area contributed by atoms with Crippen molar-refractivity contribution in [3.05, 3.63) is 58.1 Å². The Morgan fingerprint density at radius 3 is 2.33 bits per heavy atom. The van der Waals surface area contributed by atoms with E-state index in [4.69, 9.17) is 5.26 Å². The highest BCUT2D eigenvalue weighted by atomic mass is 79.9. The Balaban J connectivity index is 2.10. The zero-order chi connectivity index (χ0) is 15.5. The van der Waals surface area contributed by atoms with Gasteiger partial charge in [-0.2, -0.15) is 5.26 Å². The van der Waals surface area contributed by atoms with Crippen LogP contribution in [0, 0.1) is 11.3 Å². The molecule has 0 atom stereocenters. The Kier molecular flexibility index (Phi) is 4.87. The van der Waals surface area contributed by atoms with Crippen LogP contribution in [-0.2, 0) is 6.54 Å². The molecule has 0 aliphatic rings. The molecule has 0 bridgehead atoms. The molecule has 2 aromatic carbocycles. The van der Waals surface area contributed by atoms with E-state index in [-0.39, 0.29) is 0 Å². The van der Waals surface area contributed by atoms with Gasteiger partial charge in [-0.15, -0.1) is 0 Å². The van der Waals surface area contributed by atoms with Crippen LogP contribution in [0.15, 0.2) is 46.9 Å². The van der Waals surface area contributed by atoms with Gasteiger partial charge in [-0.25, -0.2) is 0 Å². The molecule has 2 nitrogen and oxygen atoms in total. The molecule has 0 unspecified atom stereocenters. The van der Waals surface area contributed by atoms with Gasteiger partial charge in [0.05, 0.1) is 19.3 Å². The predicted octanol–water partition coefficient (Wildman–Crippen LogP) is 4.48. The zero-order valence-corrected chi connectivity index (χ0v) is 15.2. The minimum Gasteiger partial charge on any atom is -0.380 e. The number of hydrogen-bond acceptors (Lipinski definition) is 2. The molecule has 0 saturated carbocycles. The molecule has 108 valence electrons. The van der Waals surface area contributed by atoms with Gasteiger partial charge in [0.1, 0.15) is 6.07 Å². The van der Waals surface area contributed by atoms with E-state index in [9.17, 15) is 0 Å². The Bertz CT molecular complexity index is 667. The van der Waals surface area contributed by atoms with Crippen molar-refractivity contribution in [3.8, 4) is 6.07 Å². The zero-order valence-electron chi connectivity index (χ0n) is 12.6. The van der Waals surface area contributed by atoms with Crippen LogP contribution in [0.25, 0.3) is 0 Å².